The van der Waals surface area contributed by atoms with Crippen LogP contribution in [-0.2, 0) is 6.54 Å². The van der Waals surface area contributed by atoms with Crippen LogP contribution in [0.4, 0.5) is 4.39 Å². The number of fused-ring (bicyclic) bond motifs is 1. The van der Waals surface area contributed by atoms with Crippen LogP contribution in [0.3, 0.4) is 0 Å². The molecule has 4 aromatic rings. The van der Waals surface area contributed by atoms with Crippen LogP contribution in [0.5, 0.6) is 11.5 Å². The summed E-state index contributed by atoms with van der Waals surface area (Å²) < 4.78 is 25.6. The summed E-state index contributed by atoms with van der Waals surface area (Å²) in [5, 5.41) is 0.441. The molecule has 0 atom stereocenters. The van der Waals surface area contributed by atoms with E-state index in [-0.39, 0.29) is 16.8 Å². The monoisotopic (exact) mass is 417 g/mol. The molecule has 5 nitrogen and oxygen atoms in total. The zero-order valence-corrected chi connectivity index (χ0v) is 17.1. The number of benzene rings is 3. The maximum absolute atomic E-state index is 13.3. The van der Waals surface area contributed by atoms with Crippen LogP contribution in [0.1, 0.15) is 21.5 Å². The van der Waals surface area contributed by atoms with Gasteiger partial charge in [-0.2, -0.15) is 0 Å². The van der Waals surface area contributed by atoms with E-state index in [1.165, 1.54) is 26.4 Å². The highest BCUT2D eigenvalue weighted by atomic mass is 19.1. The van der Waals surface area contributed by atoms with Crippen molar-refractivity contribution in [3.8, 4) is 11.5 Å². The van der Waals surface area contributed by atoms with Crippen molar-refractivity contribution in [2.45, 2.75) is 6.54 Å². The second kappa shape index (κ2) is 8.44. The predicted molar refractivity (Wildman–Crippen MR) is 117 cm³/mol. The lowest BCUT2D eigenvalue weighted by atomic mass is 10.0. The van der Waals surface area contributed by atoms with E-state index in [4.69, 9.17) is 9.47 Å². The van der Waals surface area contributed by atoms with Crippen molar-refractivity contribution in [1.82, 2.24) is 4.57 Å². The van der Waals surface area contributed by atoms with E-state index < -0.39 is 5.78 Å². The van der Waals surface area contributed by atoms with Crippen molar-refractivity contribution in [3.05, 3.63) is 106 Å². The summed E-state index contributed by atoms with van der Waals surface area (Å²) in [7, 11) is 2.99. The Morgan fingerprint density at radius 2 is 1.65 bits per heavy atom. The number of halogens is 1. The van der Waals surface area contributed by atoms with Crippen LogP contribution in [0, 0.1) is 5.82 Å². The molecule has 31 heavy (non-hydrogen) atoms. The Morgan fingerprint density at radius 3 is 2.35 bits per heavy atom. The maximum Gasteiger partial charge on any atom is 0.200 e. The van der Waals surface area contributed by atoms with Gasteiger partial charge < -0.3 is 14.0 Å². The van der Waals surface area contributed by atoms with Crippen LogP contribution in [0.2, 0.25) is 0 Å². The lowest BCUT2D eigenvalue weighted by Gasteiger charge is -2.14. The number of rotatable bonds is 6. The summed E-state index contributed by atoms with van der Waals surface area (Å²) in [6, 6.07) is 18.0. The van der Waals surface area contributed by atoms with Crippen molar-refractivity contribution < 1.29 is 18.7 Å². The second-order valence-electron chi connectivity index (χ2n) is 7.04. The third-order valence-corrected chi connectivity index (χ3v) is 5.14. The highest BCUT2D eigenvalue weighted by molar-refractivity contribution is 6.10. The van der Waals surface area contributed by atoms with Crippen LogP contribution in [-0.4, -0.2) is 24.6 Å². The molecule has 6 heteroatoms. The summed E-state index contributed by atoms with van der Waals surface area (Å²) in [5.41, 5.74) is 1.57. The van der Waals surface area contributed by atoms with Gasteiger partial charge in [0, 0.05) is 23.7 Å². The lowest BCUT2D eigenvalue weighted by Crippen LogP contribution is -2.20. The van der Waals surface area contributed by atoms with Crippen molar-refractivity contribution in [1.29, 1.82) is 0 Å². The highest BCUT2D eigenvalue weighted by Crippen LogP contribution is 2.28. The molecule has 0 radical (unpaired) electrons. The van der Waals surface area contributed by atoms with E-state index in [0.717, 1.165) is 5.56 Å². The van der Waals surface area contributed by atoms with E-state index in [2.05, 4.69) is 0 Å². The van der Waals surface area contributed by atoms with Gasteiger partial charge in [-0.3, -0.25) is 9.59 Å². The smallest absolute Gasteiger partial charge is 0.200 e. The molecule has 0 unspecified atom stereocenters. The molecule has 156 valence electrons. The Bertz CT molecular complexity index is 1330. The topological polar surface area (TPSA) is 57.5 Å². The largest absolute Gasteiger partial charge is 0.493 e. The standard InChI is InChI=1S/C25H20FNO4/c1-30-22-12-9-17(13-23(22)31-2)24(28)20-15-27(14-16-7-10-18(26)11-8-16)21-6-4-3-5-19(21)25(20)29/h3-13,15H,14H2,1-2H3. The minimum absolute atomic E-state index is 0.0491. The SMILES string of the molecule is COc1ccc(C(=O)c2cn(Cc3ccc(F)cc3)c3ccccc3c2=O)cc1OC. The molecule has 0 aliphatic rings. The van der Waals surface area contributed by atoms with Crippen LogP contribution >= 0.6 is 0 Å². The zero-order valence-electron chi connectivity index (χ0n) is 17.1. The molecule has 0 N–H and O–H groups in total. The van der Waals surface area contributed by atoms with Gasteiger partial charge in [-0.15, -0.1) is 0 Å². The molecular formula is C25H20FNO4. The number of ketones is 1. The number of aromatic nitrogens is 1. The van der Waals surface area contributed by atoms with Crippen molar-refractivity contribution in [2.75, 3.05) is 14.2 Å². The number of methoxy groups -OCH3 is 2. The van der Waals surface area contributed by atoms with E-state index in [9.17, 15) is 14.0 Å². The first-order valence-corrected chi connectivity index (χ1v) is 9.65. The van der Waals surface area contributed by atoms with E-state index in [1.807, 2.05) is 16.7 Å². The number of carbonyl (C=O) groups is 1. The molecule has 3 aromatic carbocycles. The predicted octanol–water partition coefficient (Wildman–Crippen LogP) is 4.44. The van der Waals surface area contributed by atoms with E-state index in [1.54, 1.807) is 48.7 Å². The molecule has 0 saturated carbocycles. The van der Waals surface area contributed by atoms with Gasteiger partial charge in [0.05, 0.1) is 25.3 Å². The van der Waals surface area contributed by atoms with Gasteiger partial charge in [0.15, 0.2) is 17.3 Å². The lowest BCUT2D eigenvalue weighted by molar-refractivity contribution is 0.103. The third-order valence-electron chi connectivity index (χ3n) is 5.14. The second-order valence-corrected chi connectivity index (χ2v) is 7.04. The average Bonchev–Trinajstić information content (AvgIpc) is 2.81. The summed E-state index contributed by atoms with van der Waals surface area (Å²) >= 11 is 0. The fraction of sp³-hybridized carbons (Fsp3) is 0.120. The first-order chi connectivity index (χ1) is 15.0. The third kappa shape index (κ3) is 3.92. The maximum atomic E-state index is 13.3. The molecule has 0 aliphatic heterocycles. The molecule has 0 aliphatic carbocycles. The van der Waals surface area contributed by atoms with E-state index >= 15 is 0 Å². The highest BCUT2D eigenvalue weighted by Gasteiger charge is 2.19. The Morgan fingerprint density at radius 1 is 0.935 bits per heavy atom. The van der Waals surface area contributed by atoms with Gasteiger partial charge in [-0.05, 0) is 48.0 Å². The minimum Gasteiger partial charge on any atom is -0.493 e. The van der Waals surface area contributed by atoms with Crippen molar-refractivity contribution in [2.24, 2.45) is 0 Å². The van der Waals surface area contributed by atoms with Gasteiger partial charge in [-0.25, -0.2) is 4.39 Å². The number of nitrogens with zero attached hydrogens (tertiary/aromatic N) is 1. The van der Waals surface area contributed by atoms with Gasteiger partial charge in [-0.1, -0.05) is 24.3 Å². The molecule has 0 fully saturated rings. The van der Waals surface area contributed by atoms with Crippen LogP contribution in [0.25, 0.3) is 10.9 Å². The van der Waals surface area contributed by atoms with Crippen LogP contribution < -0.4 is 14.9 Å². The van der Waals surface area contributed by atoms with E-state index in [0.29, 0.717) is 34.5 Å². The van der Waals surface area contributed by atoms with Gasteiger partial charge in [0.1, 0.15) is 5.82 Å². The van der Waals surface area contributed by atoms with Gasteiger partial charge in [0.2, 0.25) is 5.43 Å². The summed E-state index contributed by atoms with van der Waals surface area (Å²) in [6.45, 7) is 0.382. The number of hydrogen-bond acceptors (Lipinski definition) is 4. The molecule has 1 heterocycles. The Balaban J connectivity index is 1.84. The van der Waals surface area contributed by atoms with Gasteiger partial charge >= 0.3 is 0 Å². The fourth-order valence-electron chi connectivity index (χ4n) is 3.56. The molecule has 0 amide bonds. The van der Waals surface area contributed by atoms with Crippen LogP contribution in [0.15, 0.2) is 77.7 Å². The Labute approximate surface area is 178 Å². The van der Waals surface area contributed by atoms with Gasteiger partial charge in [0.25, 0.3) is 0 Å². The first-order valence-electron chi connectivity index (χ1n) is 9.65. The number of hydrogen-bond donors (Lipinski definition) is 0. The number of carbonyl (C=O) groups excluding carboxylic acids is 1. The van der Waals surface area contributed by atoms with Crippen molar-refractivity contribution in [3.63, 3.8) is 0 Å². The fourth-order valence-corrected chi connectivity index (χ4v) is 3.56. The summed E-state index contributed by atoms with van der Waals surface area (Å²) in [6.07, 6.45) is 1.56. The Hall–Kier alpha value is -3.93. The van der Waals surface area contributed by atoms with Crippen molar-refractivity contribution >= 4 is 16.7 Å². The summed E-state index contributed by atoms with van der Waals surface area (Å²) in [5.74, 6) is 0.162. The summed E-state index contributed by atoms with van der Waals surface area (Å²) in [4.78, 5) is 26.4. The molecule has 0 spiro atoms. The minimum atomic E-state index is -0.412. The first kappa shape index (κ1) is 20.3. The number of ether oxygens (including phenoxy) is 2. The molecular weight excluding hydrogens is 397 g/mol. The molecule has 1 aromatic heterocycles. The number of para-hydroxylation sites is 1. The molecule has 0 bridgehead atoms. The molecule has 0 saturated heterocycles. The molecule has 4 rings (SSSR count). The zero-order chi connectivity index (χ0) is 22.0. The quantitative estimate of drug-likeness (QED) is 0.436. The number of pyridine rings is 1. The average molecular weight is 417 g/mol. The Kier molecular flexibility index (Phi) is 5.54. The normalized spacial score (nSPS) is 10.8.